The molecule has 2 saturated carbocycles. The summed E-state index contributed by atoms with van der Waals surface area (Å²) in [6, 6.07) is 0. The summed E-state index contributed by atoms with van der Waals surface area (Å²) in [5.74, 6) is -19.5. The standard InChI is InChI=1S/C23H35F9/c1-2-3-4-5-16-6-8-17(9-7-16)10-11-18-12-14-19(15-13-18)20(24,25)21(26,27)22(28,29)23(30,31)32/h16-19H,2-15H2,1H3/t16-,17-,18-,19-. The first kappa shape index (κ1) is 27.6. The maximum absolute atomic E-state index is 14.1. The van der Waals surface area contributed by atoms with Crippen molar-refractivity contribution < 1.29 is 39.5 Å². The molecule has 2 rings (SSSR count). The van der Waals surface area contributed by atoms with Gasteiger partial charge in [0.25, 0.3) is 0 Å². The van der Waals surface area contributed by atoms with Crippen molar-refractivity contribution in [1.29, 1.82) is 0 Å². The molecule has 0 heterocycles. The SMILES string of the molecule is CCCCC[C@H]1CC[C@H](CC[C@H]2CC[C@H](C(F)(F)C(F)(F)C(F)(F)C(F)(F)F)CC2)CC1. The van der Waals surface area contributed by atoms with E-state index in [0.717, 1.165) is 31.6 Å². The Kier molecular flexibility index (Phi) is 9.27. The van der Waals surface area contributed by atoms with E-state index in [1.807, 2.05) is 0 Å². The van der Waals surface area contributed by atoms with Crippen molar-refractivity contribution in [3.8, 4) is 0 Å². The Hall–Kier alpha value is -0.630. The van der Waals surface area contributed by atoms with Gasteiger partial charge in [-0.2, -0.15) is 39.5 Å². The van der Waals surface area contributed by atoms with E-state index in [9.17, 15) is 39.5 Å². The van der Waals surface area contributed by atoms with E-state index in [1.165, 1.54) is 38.5 Å². The van der Waals surface area contributed by atoms with E-state index >= 15 is 0 Å². The molecule has 0 nitrogen and oxygen atoms in total. The molecule has 0 spiro atoms. The summed E-state index contributed by atoms with van der Waals surface area (Å²) in [6.07, 6.45) is 3.92. The number of unbranched alkanes of at least 4 members (excludes halogenated alkanes) is 2. The first-order valence-electron chi connectivity index (χ1n) is 11.9. The van der Waals surface area contributed by atoms with Crippen LogP contribution >= 0.6 is 0 Å². The Morgan fingerprint density at radius 1 is 0.531 bits per heavy atom. The fourth-order valence-corrected chi connectivity index (χ4v) is 5.42. The van der Waals surface area contributed by atoms with Gasteiger partial charge >= 0.3 is 23.9 Å². The highest BCUT2D eigenvalue weighted by atomic mass is 19.4. The van der Waals surface area contributed by atoms with Crippen LogP contribution in [0, 0.1) is 23.7 Å². The molecular formula is C23H35F9. The lowest BCUT2D eigenvalue weighted by molar-refractivity contribution is -0.404. The Morgan fingerprint density at radius 3 is 1.34 bits per heavy atom. The average Bonchev–Trinajstić information content (AvgIpc) is 2.72. The zero-order chi connectivity index (χ0) is 24.2. The lowest BCUT2D eigenvalue weighted by Crippen LogP contribution is -2.63. The van der Waals surface area contributed by atoms with E-state index in [0.29, 0.717) is 5.92 Å². The highest BCUT2D eigenvalue weighted by Gasteiger charge is 2.82. The molecule has 0 bridgehead atoms. The highest BCUT2D eigenvalue weighted by Crippen LogP contribution is 2.57. The second-order valence-electron chi connectivity index (χ2n) is 9.95. The van der Waals surface area contributed by atoms with Crippen molar-refractivity contribution in [2.75, 3.05) is 0 Å². The minimum absolute atomic E-state index is 0.0288. The predicted molar refractivity (Wildman–Crippen MR) is 105 cm³/mol. The van der Waals surface area contributed by atoms with E-state index in [4.69, 9.17) is 0 Å². The van der Waals surface area contributed by atoms with Crippen molar-refractivity contribution in [2.45, 2.75) is 121 Å². The van der Waals surface area contributed by atoms with Gasteiger partial charge in [-0.05, 0) is 43.4 Å². The van der Waals surface area contributed by atoms with Crippen molar-refractivity contribution in [2.24, 2.45) is 23.7 Å². The van der Waals surface area contributed by atoms with Crippen LogP contribution in [0.2, 0.25) is 0 Å². The van der Waals surface area contributed by atoms with Crippen molar-refractivity contribution in [3.05, 3.63) is 0 Å². The van der Waals surface area contributed by atoms with E-state index in [-0.39, 0.29) is 18.8 Å². The monoisotopic (exact) mass is 482 g/mol. The number of rotatable bonds is 10. The molecule has 0 amide bonds. The molecule has 0 aliphatic heterocycles. The minimum atomic E-state index is -6.78. The molecule has 0 unspecified atom stereocenters. The Labute approximate surface area is 184 Å². The van der Waals surface area contributed by atoms with Gasteiger partial charge in [0.05, 0.1) is 0 Å². The summed E-state index contributed by atoms with van der Waals surface area (Å²) in [4.78, 5) is 0. The zero-order valence-electron chi connectivity index (χ0n) is 18.6. The summed E-state index contributed by atoms with van der Waals surface area (Å²) < 4.78 is 119. The summed E-state index contributed by atoms with van der Waals surface area (Å²) in [5, 5.41) is 0. The molecule has 0 N–H and O–H groups in total. The van der Waals surface area contributed by atoms with E-state index in [1.54, 1.807) is 0 Å². The quantitative estimate of drug-likeness (QED) is 0.215. The van der Waals surface area contributed by atoms with Crippen molar-refractivity contribution >= 4 is 0 Å². The third-order valence-electron chi connectivity index (χ3n) is 7.69. The molecule has 9 heteroatoms. The number of hydrogen-bond acceptors (Lipinski definition) is 0. The van der Waals surface area contributed by atoms with Crippen LogP contribution in [-0.2, 0) is 0 Å². The number of halogens is 9. The molecular weight excluding hydrogens is 447 g/mol. The van der Waals surface area contributed by atoms with Crippen molar-refractivity contribution in [1.82, 2.24) is 0 Å². The minimum Gasteiger partial charge on any atom is -0.199 e. The summed E-state index contributed by atoms with van der Waals surface area (Å²) in [6.45, 7) is 2.18. The highest BCUT2D eigenvalue weighted by molar-refractivity contribution is 5.03. The lowest BCUT2D eigenvalue weighted by Gasteiger charge is -2.40. The smallest absolute Gasteiger partial charge is 0.199 e. The molecule has 0 atom stereocenters. The first-order chi connectivity index (χ1) is 14.7. The summed E-state index contributed by atoms with van der Waals surface area (Å²) in [5.41, 5.74) is 0. The number of hydrogen-bond donors (Lipinski definition) is 0. The van der Waals surface area contributed by atoms with E-state index < -0.39 is 42.7 Å². The molecule has 0 aromatic heterocycles. The van der Waals surface area contributed by atoms with Gasteiger partial charge in [-0.1, -0.05) is 71.1 Å². The lowest BCUT2D eigenvalue weighted by atomic mass is 9.73. The molecule has 190 valence electrons. The van der Waals surface area contributed by atoms with Gasteiger partial charge in [0.2, 0.25) is 0 Å². The van der Waals surface area contributed by atoms with Crippen LogP contribution in [0.15, 0.2) is 0 Å². The van der Waals surface area contributed by atoms with Crippen LogP contribution in [0.25, 0.3) is 0 Å². The topological polar surface area (TPSA) is 0 Å². The molecule has 2 aliphatic carbocycles. The third-order valence-corrected chi connectivity index (χ3v) is 7.69. The summed E-state index contributed by atoms with van der Waals surface area (Å²) in [7, 11) is 0. The Morgan fingerprint density at radius 2 is 0.938 bits per heavy atom. The van der Waals surface area contributed by atoms with Crippen LogP contribution < -0.4 is 0 Å². The Bertz CT molecular complexity index is 554. The Balaban J connectivity index is 1.78. The van der Waals surface area contributed by atoms with Gasteiger partial charge in [0.1, 0.15) is 0 Å². The molecule has 2 aliphatic rings. The van der Waals surface area contributed by atoms with Crippen molar-refractivity contribution in [3.63, 3.8) is 0 Å². The van der Waals surface area contributed by atoms with Crippen LogP contribution in [0.5, 0.6) is 0 Å². The molecule has 0 aromatic rings. The second kappa shape index (κ2) is 10.7. The van der Waals surface area contributed by atoms with Gasteiger partial charge in [0, 0.05) is 5.92 Å². The largest absolute Gasteiger partial charge is 0.460 e. The van der Waals surface area contributed by atoms with Gasteiger partial charge in [0.15, 0.2) is 0 Å². The maximum Gasteiger partial charge on any atom is 0.460 e. The fourth-order valence-electron chi connectivity index (χ4n) is 5.42. The van der Waals surface area contributed by atoms with E-state index in [2.05, 4.69) is 6.92 Å². The average molecular weight is 483 g/mol. The molecule has 0 saturated heterocycles. The van der Waals surface area contributed by atoms with Crippen LogP contribution in [0.4, 0.5) is 39.5 Å². The molecule has 2 fully saturated rings. The van der Waals surface area contributed by atoms with Gasteiger partial charge in [-0.25, -0.2) is 0 Å². The molecule has 0 aromatic carbocycles. The van der Waals surface area contributed by atoms with Gasteiger partial charge in [-0.3, -0.25) is 0 Å². The molecule has 32 heavy (non-hydrogen) atoms. The third kappa shape index (κ3) is 6.08. The molecule has 0 radical (unpaired) electrons. The predicted octanol–water partition coefficient (Wildman–Crippen LogP) is 9.43. The zero-order valence-corrected chi connectivity index (χ0v) is 18.6. The van der Waals surface area contributed by atoms with Gasteiger partial charge in [-0.15, -0.1) is 0 Å². The normalized spacial score (nSPS) is 28.7. The maximum atomic E-state index is 14.1. The number of alkyl halides is 9. The summed E-state index contributed by atoms with van der Waals surface area (Å²) >= 11 is 0. The van der Waals surface area contributed by atoms with Crippen LogP contribution in [0.1, 0.15) is 96.8 Å². The van der Waals surface area contributed by atoms with Gasteiger partial charge < -0.3 is 0 Å². The first-order valence-corrected chi connectivity index (χ1v) is 11.9. The fraction of sp³-hybridized carbons (Fsp3) is 1.00. The van der Waals surface area contributed by atoms with Crippen LogP contribution in [0.3, 0.4) is 0 Å². The van der Waals surface area contributed by atoms with Crippen LogP contribution in [-0.4, -0.2) is 23.9 Å². The second-order valence-corrected chi connectivity index (χ2v) is 9.95.